The maximum Gasteiger partial charge on any atom is 0.251 e. The zero-order valence-corrected chi connectivity index (χ0v) is 27.7. The molecule has 0 bridgehead atoms. The number of nitriles is 1. The highest BCUT2D eigenvalue weighted by Gasteiger charge is 2.47. The van der Waals surface area contributed by atoms with E-state index in [1.54, 1.807) is 43.3 Å². The topological polar surface area (TPSA) is 153 Å². The summed E-state index contributed by atoms with van der Waals surface area (Å²) in [5.74, 6) is -0.499. The van der Waals surface area contributed by atoms with Gasteiger partial charge in [-0.25, -0.2) is 4.39 Å². The molecule has 3 aromatic carbocycles. The number of aryl methyl sites for hydroxylation is 2. The van der Waals surface area contributed by atoms with Gasteiger partial charge in [0.1, 0.15) is 17.3 Å². The molecule has 1 saturated heterocycles. The maximum atomic E-state index is 13.8. The minimum Gasteiger partial charge on any atom is -0.419 e. The monoisotopic (exact) mass is 663 g/mol. The molecule has 11 nitrogen and oxygen atoms in total. The average molecular weight is 664 g/mol. The average Bonchev–Trinajstić information content (AvgIpc) is 3.80. The van der Waals surface area contributed by atoms with Crippen LogP contribution in [0.1, 0.15) is 75.0 Å². The van der Waals surface area contributed by atoms with Gasteiger partial charge in [0.05, 0.1) is 12.6 Å². The Kier molecular flexibility index (Phi) is 9.56. The van der Waals surface area contributed by atoms with Crippen molar-refractivity contribution in [2.75, 3.05) is 27.2 Å². The number of nitrogens with one attached hydrogen (secondary N) is 3. The number of hydrogen-bond donors (Lipinski definition) is 3. The van der Waals surface area contributed by atoms with Crippen LogP contribution in [0.3, 0.4) is 0 Å². The number of amides is 3. The van der Waals surface area contributed by atoms with Crippen molar-refractivity contribution < 1.29 is 23.2 Å². The number of carbonyl (C=O) groups excluding carboxylic acids is 3. The summed E-state index contributed by atoms with van der Waals surface area (Å²) in [5, 5.41) is 27.3. The quantitative estimate of drug-likeness (QED) is 0.244. The van der Waals surface area contributed by atoms with Crippen molar-refractivity contribution in [3.63, 3.8) is 0 Å². The fourth-order valence-electron chi connectivity index (χ4n) is 7.16. The molecule has 0 spiro atoms. The Labute approximate surface area is 283 Å². The van der Waals surface area contributed by atoms with Crippen LogP contribution in [0.25, 0.3) is 11.5 Å². The zero-order chi connectivity index (χ0) is 34.7. The van der Waals surface area contributed by atoms with E-state index in [1.165, 1.54) is 12.1 Å². The van der Waals surface area contributed by atoms with E-state index in [9.17, 15) is 24.0 Å². The second kappa shape index (κ2) is 14.0. The number of rotatable bonds is 9. The van der Waals surface area contributed by atoms with Crippen molar-refractivity contribution >= 4 is 17.7 Å². The summed E-state index contributed by atoms with van der Waals surface area (Å²) >= 11 is 0. The SMILES string of the molecule is CNC(=O)c1ccc2c(c1)CCc1cc(C(=O)NC)ccc1C2(C[C@H](C)NCC(=O)N1CCC[C@H]1C#N)c1nnc(-c2ccc(F)cc2)o1. The lowest BCUT2D eigenvalue weighted by atomic mass is 9.68. The fraction of sp³-hybridized carbons (Fsp3) is 0.351. The van der Waals surface area contributed by atoms with Gasteiger partial charge in [0.15, 0.2) is 0 Å². The number of carbonyl (C=O) groups is 3. The Bertz CT molecular complexity index is 1870. The third kappa shape index (κ3) is 6.41. The Morgan fingerprint density at radius 1 is 0.980 bits per heavy atom. The Morgan fingerprint density at radius 3 is 2.16 bits per heavy atom. The van der Waals surface area contributed by atoms with Crippen molar-refractivity contribution in [2.45, 2.75) is 56.5 Å². The van der Waals surface area contributed by atoms with Gasteiger partial charge in [-0.2, -0.15) is 5.26 Å². The third-order valence-electron chi connectivity index (χ3n) is 9.59. The molecule has 3 N–H and O–H groups in total. The van der Waals surface area contributed by atoms with E-state index < -0.39 is 17.3 Å². The number of nitrogens with zero attached hydrogens (tertiary/aromatic N) is 4. The molecule has 2 atom stereocenters. The fourth-order valence-corrected chi connectivity index (χ4v) is 7.16. The summed E-state index contributed by atoms with van der Waals surface area (Å²) in [6.07, 6.45) is 2.94. The molecule has 1 fully saturated rings. The van der Waals surface area contributed by atoms with Gasteiger partial charge in [0.25, 0.3) is 11.8 Å². The van der Waals surface area contributed by atoms with E-state index in [1.807, 2.05) is 31.2 Å². The zero-order valence-electron chi connectivity index (χ0n) is 27.7. The van der Waals surface area contributed by atoms with Crippen LogP contribution < -0.4 is 16.0 Å². The minimum atomic E-state index is -1.09. The van der Waals surface area contributed by atoms with Crippen LogP contribution in [-0.4, -0.2) is 72.1 Å². The summed E-state index contributed by atoms with van der Waals surface area (Å²) in [7, 11) is 3.17. The molecule has 49 heavy (non-hydrogen) atoms. The van der Waals surface area contributed by atoms with Crippen LogP contribution in [-0.2, 0) is 23.1 Å². The molecular formula is C37H38FN7O4. The molecule has 1 aliphatic heterocycles. The number of halogens is 1. The third-order valence-corrected chi connectivity index (χ3v) is 9.59. The van der Waals surface area contributed by atoms with Crippen molar-refractivity contribution in [1.29, 1.82) is 5.26 Å². The summed E-state index contributed by atoms with van der Waals surface area (Å²) in [5.41, 5.74) is 3.96. The van der Waals surface area contributed by atoms with Crippen LogP contribution in [0, 0.1) is 17.1 Å². The molecule has 2 aliphatic rings. The maximum absolute atomic E-state index is 13.8. The van der Waals surface area contributed by atoms with Gasteiger partial charge in [0, 0.05) is 43.4 Å². The lowest BCUT2D eigenvalue weighted by Crippen LogP contribution is -2.45. The number of benzene rings is 3. The predicted molar refractivity (Wildman–Crippen MR) is 179 cm³/mol. The smallest absolute Gasteiger partial charge is 0.251 e. The molecule has 3 amide bonds. The van der Waals surface area contributed by atoms with Crippen molar-refractivity contribution in [2.24, 2.45) is 0 Å². The number of aromatic nitrogens is 2. The standard InChI is InChI=1S/C37H38FN7O4/c1-22(42-21-32(46)45-16-4-5-29(45)20-39)19-37(36-44-43-35(49-36)23-8-12-28(38)13-9-23)30-14-10-26(33(47)40-2)17-24(30)6-7-25-18-27(34(48)41-3)11-15-31(25)37/h8-15,17-18,22,29,42H,4-7,16,19,21H2,1-3H3,(H,40,47)(H,41,48)/t22-,29-/m0/s1. The van der Waals surface area contributed by atoms with Crippen molar-refractivity contribution in [3.8, 4) is 17.5 Å². The van der Waals surface area contributed by atoms with Crippen LogP contribution in [0.5, 0.6) is 0 Å². The van der Waals surface area contributed by atoms with Crippen LogP contribution in [0.2, 0.25) is 0 Å². The van der Waals surface area contributed by atoms with Crippen LogP contribution in [0.4, 0.5) is 4.39 Å². The van der Waals surface area contributed by atoms with Crippen molar-refractivity contribution in [1.82, 2.24) is 31.0 Å². The first kappa shape index (κ1) is 33.5. The Balaban J connectivity index is 1.50. The first-order chi connectivity index (χ1) is 23.7. The highest BCUT2D eigenvalue weighted by Crippen LogP contribution is 2.48. The lowest BCUT2D eigenvalue weighted by molar-refractivity contribution is -0.130. The summed E-state index contributed by atoms with van der Waals surface area (Å²) < 4.78 is 20.3. The second-order valence-corrected chi connectivity index (χ2v) is 12.6. The molecule has 0 radical (unpaired) electrons. The molecule has 2 heterocycles. The molecular weight excluding hydrogens is 625 g/mol. The van der Waals surface area contributed by atoms with Gasteiger partial charge in [-0.15, -0.1) is 10.2 Å². The lowest BCUT2D eigenvalue weighted by Gasteiger charge is -2.36. The number of likely N-dealkylation sites (tertiary alicyclic amines) is 1. The summed E-state index contributed by atoms with van der Waals surface area (Å²) in [6, 6.07) is 18.4. The van der Waals surface area contributed by atoms with E-state index >= 15 is 0 Å². The van der Waals surface area contributed by atoms with E-state index in [0.29, 0.717) is 48.9 Å². The molecule has 4 aromatic rings. The minimum absolute atomic E-state index is 0.0328. The molecule has 1 aliphatic carbocycles. The van der Waals surface area contributed by atoms with E-state index in [-0.39, 0.29) is 42.1 Å². The van der Waals surface area contributed by atoms with E-state index in [2.05, 4.69) is 32.2 Å². The van der Waals surface area contributed by atoms with Crippen LogP contribution >= 0.6 is 0 Å². The van der Waals surface area contributed by atoms with Gasteiger partial charge in [-0.1, -0.05) is 12.1 Å². The van der Waals surface area contributed by atoms with Gasteiger partial charge < -0.3 is 25.3 Å². The number of fused-ring (bicyclic) bond motifs is 2. The van der Waals surface area contributed by atoms with E-state index in [0.717, 1.165) is 28.7 Å². The highest BCUT2D eigenvalue weighted by atomic mass is 19.1. The Hall–Kier alpha value is -5.41. The normalized spacial score (nSPS) is 16.9. The van der Waals surface area contributed by atoms with Crippen LogP contribution in [0.15, 0.2) is 65.1 Å². The molecule has 6 rings (SSSR count). The Morgan fingerprint density at radius 2 is 1.59 bits per heavy atom. The molecule has 1 aromatic heterocycles. The van der Waals surface area contributed by atoms with Gasteiger partial charge in [-0.05, 0) is 110 Å². The van der Waals surface area contributed by atoms with Gasteiger partial charge >= 0.3 is 0 Å². The predicted octanol–water partition coefficient (Wildman–Crippen LogP) is 3.91. The molecule has 12 heteroatoms. The first-order valence-electron chi connectivity index (χ1n) is 16.4. The number of hydrogen-bond acceptors (Lipinski definition) is 8. The van der Waals surface area contributed by atoms with Gasteiger partial charge in [-0.3, -0.25) is 14.4 Å². The molecule has 0 saturated carbocycles. The first-order valence-corrected chi connectivity index (χ1v) is 16.4. The largest absolute Gasteiger partial charge is 0.419 e. The summed E-state index contributed by atoms with van der Waals surface area (Å²) in [6.45, 7) is 2.55. The second-order valence-electron chi connectivity index (χ2n) is 12.6. The van der Waals surface area contributed by atoms with Gasteiger partial charge in [0.2, 0.25) is 17.7 Å². The molecule has 252 valence electrons. The van der Waals surface area contributed by atoms with Crippen molar-refractivity contribution in [3.05, 3.63) is 106 Å². The summed E-state index contributed by atoms with van der Waals surface area (Å²) in [4.78, 5) is 40.4. The van der Waals surface area contributed by atoms with E-state index in [4.69, 9.17) is 4.42 Å². The highest BCUT2D eigenvalue weighted by molar-refractivity contribution is 5.95. The molecule has 0 unspecified atom stereocenters.